The van der Waals surface area contributed by atoms with Crippen LogP contribution >= 0.6 is 0 Å². The van der Waals surface area contributed by atoms with Gasteiger partial charge in [0.2, 0.25) is 5.91 Å². The van der Waals surface area contributed by atoms with E-state index in [0.717, 1.165) is 42.6 Å². The number of hydrogen-bond donors (Lipinski definition) is 3. The van der Waals surface area contributed by atoms with Gasteiger partial charge in [-0.3, -0.25) is 14.4 Å². The number of Topliss-reactive ketones (excluding diaryl/α,β-unsaturated/α-hetero) is 1. The van der Waals surface area contributed by atoms with Crippen molar-refractivity contribution in [3.63, 3.8) is 0 Å². The van der Waals surface area contributed by atoms with Crippen LogP contribution in [0.1, 0.15) is 62.6 Å². The van der Waals surface area contributed by atoms with Gasteiger partial charge in [-0.25, -0.2) is 0 Å². The van der Waals surface area contributed by atoms with E-state index >= 15 is 0 Å². The van der Waals surface area contributed by atoms with E-state index in [1.165, 1.54) is 0 Å². The van der Waals surface area contributed by atoms with E-state index in [9.17, 15) is 14.4 Å². The topological polar surface area (TPSA) is 120 Å². The van der Waals surface area contributed by atoms with E-state index < -0.39 is 28.8 Å². The minimum absolute atomic E-state index is 0.00283. The Morgan fingerprint density at radius 1 is 1.08 bits per heavy atom. The molecule has 1 amide bonds. The lowest BCUT2D eigenvalue weighted by atomic mass is 9.64. The number of benzene rings is 2. The summed E-state index contributed by atoms with van der Waals surface area (Å²) in [6.07, 6.45) is 1.62. The number of ether oxygens (including phenoxy) is 2. The molecule has 0 saturated carbocycles. The van der Waals surface area contributed by atoms with Crippen molar-refractivity contribution in [2.75, 3.05) is 26.3 Å². The summed E-state index contributed by atoms with van der Waals surface area (Å²) in [4.78, 5) is 40.5. The number of rotatable bonds is 11. The molecule has 2 aromatic rings. The van der Waals surface area contributed by atoms with Gasteiger partial charge in [-0.1, -0.05) is 54.6 Å². The summed E-state index contributed by atoms with van der Waals surface area (Å²) >= 11 is 0. The molecule has 1 heterocycles. The fourth-order valence-corrected chi connectivity index (χ4v) is 6.18. The van der Waals surface area contributed by atoms with E-state index in [-0.39, 0.29) is 37.3 Å². The molecule has 0 aromatic heterocycles. The Morgan fingerprint density at radius 2 is 1.74 bits per heavy atom. The molecule has 8 nitrogen and oxygen atoms in total. The molecule has 2 aromatic carbocycles. The molecule has 210 valence electrons. The van der Waals surface area contributed by atoms with Gasteiger partial charge < -0.3 is 25.8 Å². The minimum Gasteiger partial charge on any atom is -0.466 e. The molecular formula is C31H41N3O5. The Kier molecular flexibility index (Phi) is 9.20. The molecule has 8 heteroatoms. The van der Waals surface area contributed by atoms with Gasteiger partial charge >= 0.3 is 5.97 Å². The lowest BCUT2D eigenvalue weighted by molar-refractivity contribution is -0.144. The van der Waals surface area contributed by atoms with Gasteiger partial charge in [0.05, 0.1) is 31.8 Å². The SMILES string of the molecule is CCOC(=O)CC1c2ccccc2C2(CCNCC2)[C@@H]1C(=O)[C@@H](COCc1ccccc1)NC(=O)C(C)(C)N. The summed E-state index contributed by atoms with van der Waals surface area (Å²) in [6, 6.07) is 16.8. The van der Waals surface area contributed by atoms with Crippen LogP contribution in [0, 0.1) is 5.92 Å². The quantitative estimate of drug-likeness (QED) is 0.379. The van der Waals surface area contributed by atoms with Gasteiger partial charge in [-0.2, -0.15) is 0 Å². The Bertz CT molecular complexity index is 1150. The molecule has 1 aliphatic carbocycles. The monoisotopic (exact) mass is 535 g/mol. The highest BCUT2D eigenvalue weighted by Gasteiger charge is 2.56. The van der Waals surface area contributed by atoms with Crippen LogP contribution in [0.3, 0.4) is 0 Å². The maximum Gasteiger partial charge on any atom is 0.306 e. The van der Waals surface area contributed by atoms with Gasteiger partial charge in [0.25, 0.3) is 0 Å². The summed E-state index contributed by atoms with van der Waals surface area (Å²) in [5.74, 6) is -1.77. The van der Waals surface area contributed by atoms with Crippen molar-refractivity contribution >= 4 is 17.7 Å². The Labute approximate surface area is 231 Å². The zero-order chi connectivity index (χ0) is 28.0. The van der Waals surface area contributed by atoms with Crippen LogP contribution in [-0.4, -0.2) is 55.5 Å². The van der Waals surface area contributed by atoms with Crippen LogP contribution in [0.15, 0.2) is 54.6 Å². The Hall–Kier alpha value is -3.07. The average Bonchev–Trinajstić information content (AvgIpc) is 3.16. The predicted octanol–water partition coefficient (Wildman–Crippen LogP) is 2.98. The van der Waals surface area contributed by atoms with Crippen LogP contribution in [0.25, 0.3) is 0 Å². The molecule has 4 rings (SSSR count). The van der Waals surface area contributed by atoms with Gasteiger partial charge in [-0.15, -0.1) is 0 Å². The molecule has 4 N–H and O–H groups in total. The number of hydrogen-bond acceptors (Lipinski definition) is 7. The number of ketones is 1. The molecule has 39 heavy (non-hydrogen) atoms. The van der Waals surface area contributed by atoms with Crippen molar-refractivity contribution < 1.29 is 23.9 Å². The van der Waals surface area contributed by atoms with E-state index in [4.69, 9.17) is 15.2 Å². The van der Waals surface area contributed by atoms with Crippen molar-refractivity contribution in [2.24, 2.45) is 11.7 Å². The van der Waals surface area contributed by atoms with Crippen molar-refractivity contribution in [3.05, 3.63) is 71.3 Å². The van der Waals surface area contributed by atoms with Crippen LogP contribution in [-0.2, 0) is 35.9 Å². The normalized spacial score (nSPS) is 20.7. The summed E-state index contributed by atoms with van der Waals surface area (Å²) in [6.45, 7) is 7.11. The van der Waals surface area contributed by atoms with Crippen LogP contribution < -0.4 is 16.4 Å². The first kappa shape index (κ1) is 28.9. The number of piperidine rings is 1. The maximum absolute atomic E-state index is 14.6. The third-order valence-electron chi connectivity index (χ3n) is 8.02. The summed E-state index contributed by atoms with van der Waals surface area (Å²) in [5.41, 5.74) is 7.58. The fourth-order valence-electron chi connectivity index (χ4n) is 6.18. The standard InChI is InChI=1S/C31H41N3O5/c1-4-39-26(35)18-23-22-12-8-9-13-24(22)31(14-16-33-17-15-31)27(23)28(36)25(34-29(37)30(2,3)32)20-38-19-21-10-6-5-7-11-21/h5-13,23,25,27,33H,4,14-20,32H2,1-3H3,(H,34,37)/t23?,25-,27+/m1/s1. The van der Waals surface area contributed by atoms with E-state index in [2.05, 4.69) is 16.7 Å². The van der Waals surface area contributed by atoms with Crippen molar-refractivity contribution in [3.8, 4) is 0 Å². The molecule has 2 aliphatic rings. The first-order valence-corrected chi connectivity index (χ1v) is 13.9. The van der Waals surface area contributed by atoms with Gasteiger partial charge in [-0.05, 0) is 63.4 Å². The van der Waals surface area contributed by atoms with Gasteiger partial charge in [0.1, 0.15) is 6.04 Å². The molecule has 1 unspecified atom stereocenters. The highest BCUT2D eigenvalue weighted by atomic mass is 16.5. The number of carbonyl (C=O) groups excluding carboxylic acids is 3. The van der Waals surface area contributed by atoms with Crippen molar-refractivity contribution in [2.45, 2.75) is 69.6 Å². The zero-order valence-electron chi connectivity index (χ0n) is 23.2. The van der Waals surface area contributed by atoms with Gasteiger partial charge in [0.15, 0.2) is 5.78 Å². The number of nitrogens with one attached hydrogen (secondary N) is 2. The first-order chi connectivity index (χ1) is 18.7. The molecule has 3 atom stereocenters. The number of amides is 1. The van der Waals surface area contributed by atoms with Gasteiger partial charge in [0, 0.05) is 17.3 Å². The van der Waals surface area contributed by atoms with Crippen molar-refractivity contribution in [1.29, 1.82) is 0 Å². The van der Waals surface area contributed by atoms with E-state index in [0.29, 0.717) is 6.61 Å². The Balaban J connectivity index is 1.70. The number of esters is 1. The second-order valence-electron chi connectivity index (χ2n) is 11.2. The largest absolute Gasteiger partial charge is 0.466 e. The number of fused-ring (bicyclic) bond motifs is 2. The third-order valence-corrected chi connectivity index (χ3v) is 8.02. The van der Waals surface area contributed by atoms with Crippen LogP contribution in [0.2, 0.25) is 0 Å². The highest BCUT2D eigenvalue weighted by Crippen LogP contribution is 2.56. The summed E-state index contributed by atoms with van der Waals surface area (Å²) in [5, 5.41) is 6.32. The Morgan fingerprint density at radius 3 is 2.41 bits per heavy atom. The minimum atomic E-state index is -1.17. The first-order valence-electron chi connectivity index (χ1n) is 13.9. The molecule has 0 radical (unpaired) electrons. The molecule has 1 spiro atoms. The second-order valence-corrected chi connectivity index (χ2v) is 11.2. The van der Waals surface area contributed by atoms with Crippen LogP contribution in [0.4, 0.5) is 0 Å². The molecule has 1 aliphatic heterocycles. The average molecular weight is 536 g/mol. The third kappa shape index (κ3) is 6.40. The zero-order valence-corrected chi connectivity index (χ0v) is 23.2. The van der Waals surface area contributed by atoms with E-state index in [1.807, 2.05) is 48.5 Å². The lowest BCUT2D eigenvalue weighted by Gasteiger charge is -2.42. The molecule has 0 bridgehead atoms. The predicted molar refractivity (Wildman–Crippen MR) is 149 cm³/mol. The smallest absolute Gasteiger partial charge is 0.306 e. The maximum atomic E-state index is 14.6. The summed E-state index contributed by atoms with van der Waals surface area (Å²) < 4.78 is 11.3. The second kappa shape index (κ2) is 12.4. The van der Waals surface area contributed by atoms with Crippen LogP contribution in [0.5, 0.6) is 0 Å². The van der Waals surface area contributed by atoms with E-state index in [1.54, 1.807) is 20.8 Å². The van der Waals surface area contributed by atoms with Crippen molar-refractivity contribution in [1.82, 2.24) is 10.6 Å². The number of nitrogens with two attached hydrogens (primary N) is 1. The summed E-state index contributed by atoms with van der Waals surface area (Å²) in [7, 11) is 0. The molecule has 1 saturated heterocycles. The lowest BCUT2D eigenvalue weighted by Crippen LogP contribution is -2.58. The molecule has 1 fully saturated rings. The number of carbonyl (C=O) groups is 3. The fraction of sp³-hybridized carbons (Fsp3) is 0.516. The highest BCUT2D eigenvalue weighted by molar-refractivity contribution is 5.95. The molecular weight excluding hydrogens is 494 g/mol.